The zero-order chi connectivity index (χ0) is 18.9. The number of benzene rings is 1. The summed E-state index contributed by atoms with van der Waals surface area (Å²) in [7, 11) is 0. The lowest BCUT2D eigenvalue weighted by Gasteiger charge is -2.29. The summed E-state index contributed by atoms with van der Waals surface area (Å²) in [4.78, 5) is 0. The van der Waals surface area contributed by atoms with Crippen LogP contribution in [0.2, 0.25) is 0 Å². The highest BCUT2D eigenvalue weighted by Gasteiger charge is 2.37. The molecular weight excluding hydrogens is 357 g/mol. The van der Waals surface area contributed by atoms with Gasteiger partial charge < -0.3 is 5.32 Å². The summed E-state index contributed by atoms with van der Waals surface area (Å²) >= 11 is 0. The number of hydrogen-bond acceptors (Lipinski definition) is 5. The summed E-state index contributed by atoms with van der Waals surface area (Å²) in [5, 5.41) is 18.8. The number of halogens is 3. The van der Waals surface area contributed by atoms with Crippen LogP contribution in [0.25, 0.3) is 5.65 Å². The van der Waals surface area contributed by atoms with Gasteiger partial charge >= 0.3 is 6.18 Å². The third-order valence-electron chi connectivity index (χ3n) is 5.08. The number of anilines is 1. The number of alkyl halides is 3. The molecule has 4 rings (SSSR count). The number of rotatable bonds is 3. The third-order valence-corrected chi connectivity index (χ3v) is 5.08. The molecule has 0 unspecified atom stereocenters. The molecule has 1 aliphatic rings. The van der Waals surface area contributed by atoms with E-state index >= 15 is 0 Å². The molecule has 1 aromatic carbocycles. The Labute approximate surface area is 153 Å². The van der Waals surface area contributed by atoms with E-state index in [1.807, 2.05) is 0 Å². The normalized spacial score (nSPS) is 21.1. The molecule has 0 saturated heterocycles. The Morgan fingerprint density at radius 3 is 2.67 bits per heavy atom. The van der Waals surface area contributed by atoms with E-state index in [0.29, 0.717) is 23.4 Å². The van der Waals surface area contributed by atoms with Gasteiger partial charge in [-0.1, -0.05) is 37.5 Å². The van der Waals surface area contributed by atoms with Crippen LogP contribution >= 0.6 is 0 Å². The van der Waals surface area contributed by atoms with Gasteiger partial charge in [-0.05, 0) is 47.0 Å². The van der Waals surface area contributed by atoms with E-state index in [-0.39, 0.29) is 12.0 Å². The Bertz CT molecular complexity index is 923. The van der Waals surface area contributed by atoms with Crippen molar-refractivity contribution in [3.05, 3.63) is 47.5 Å². The first-order valence-electron chi connectivity index (χ1n) is 9.00. The van der Waals surface area contributed by atoms with Gasteiger partial charge in [0.2, 0.25) is 0 Å². The standard InChI is InChI=1S/C18H19F3N6/c19-18(20,21)14-8-5-4-6-12(14)13-7-2-1-3-9-15(13)22-16-10-11-17-23-25-26-27(17)24-16/h4-6,8,10-11,13,15H,1-3,7,9H2,(H,22,24)/t13-,15+/m0/s1. The second-order valence-electron chi connectivity index (χ2n) is 6.83. The lowest BCUT2D eigenvalue weighted by Crippen LogP contribution is -2.29. The summed E-state index contributed by atoms with van der Waals surface area (Å²) in [5.41, 5.74) is 0.320. The molecule has 0 radical (unpaired) electrons. The summed E-state index contributed by atoms with van der Waals surface area (Å²) in [6.45, 7) is 0. The molecule has 2 atom stereocenters. The van der Waals surface area contributed by atoms with Crippen molar-refractivity contribution in [3.8, 4) is 0 Å². The number of tetrazole rings is 1. The Morgan fingerprint density at radius 2 is 1.81 bits per heavy atom. The molecule has 1 fully saturated rings. The minimum absolute atomic E-state index is 0.141. The maximum Gasteiger partial charge on any atom is 0.416 e. The van der Waals surface area contributed by atoms with Gasteiger partial charge in [-0.3, -0.25) is 0 Å². The summed E-state index contributed by atoms with van der Waals surface area (Å²) < 4.78 is 41.9. The van der Waals surface area contributed by atoms with E-state index in [1.54, 1.807) is 24.3 Å². The number of aromatic nitrogens is 5. The van der Waals surface area contributed by atoms with Crippen LogP contribution in [0.1, 0.15) is 49.1 Å². The lowest BCUT2D eigenvalue weighted by molar-refractivity contribution is -0.138. The van der Waals surface area contributed by atoms with Crippen molar-refractivity contribution >= 4 is 11.5 Å². The van der Waals surface area contributed by atoms with Crippen molar-refractivity contribution in [2.45, 2.75) is 50.2 Å². The molecule has 142 valence electrons. The Kier molecular flexibility index (Phi) is 4.67. The van der Waals surface area contributed by atoms with Gasteiger partial charge in [0.25, 0.3) is 0 Å². The zero-order valence-corrected chi connectivity index (χ0v) is 14.5. The van der Waals surface area contributed by atoms with Crippen LogP contribution in [0.4, 0.5) is 19.0 Å². The van der Waals surface area contributed by atoms with Crippen LogP contribution in [-0.4, -0.2) is 31.3 Å². The molecule has 0 spiro atoms. The first kappa shape index (κ1) is 17.7. The number of fused-ring (bicyclic) bond motifs is 1. The monoisotopic (exact) mass is 376 g/mol. The van der Waals surface area contributed by atoms with Gasteiger partial charge in [0, 0.05) is 12.0 Å². The molecule has 2 heterocycles. The highest BCUT2D eigenvalue weighted by Crippen LogP contribution is 2.40. The summed E-state index contributed by atoms with van der Waals surface area (Å²) in [5.74, 6) is 0.313. The van der Waals surface area contributed by atoms with Crippen LogP contribution in [0, 0.1) is 0 Å². The van der Waals surface area contributed by atoms with E-state index in [9.17, 15) is 13.2 Å². The molecule has 6 nitrogen and oxygen atoms in total. The largest absolute Gasteiger partial charge is 0.416 e. The van der Waals surface area contributed by atoms with Crippen molar-refractivity contribution in [2.75, 3.05) is 5.32 Å². The minimum atomic E-state index is -4.36. The average molecular weight is 376 g/mol. The van der Waals surface area contributed by atoms with Crippen molar-refractivity contribution in [1.82, 2.24) is 25.3 Å². The van der Waals surface area contributed by atoms with Gasteiger partial charge in [0.05, 0.1) is 5.56 Å². The highest BCUT2D eigenvalue weighted by atomic mass is 19.4. The molecule has 1 aliphatic carbocycles. The van der Waals surface area contributed by atoms with Gasteiger partial charge in [-0.15, -0.1) is 14.8 Å². The molecule has 2 aromatic heterocycles. The first-order chi connectivity index (χ1) is 13.0. The predicted molar refractivity (Wildman–Crippen MR) is 93.3 cm³/mol. The molecular formula is C18H19F3N6. The van der Waals surface area contributed by atoms with E-state index in [2.05, 4.69) is 25.9 Å². The molecule has 9 heteroatoms. The van der Waals surface area contributed by atoms with Crippen LogP contribution in [0.15, 0.2) is 36.4 Å². The fourth-order valence-corrected chi connectivity index (χ4v) is 3.85. The van der Waals surface area contributed by atoms with Crippen LogP contribution < -0.4 is 5.32 Å². The van der Waals surface area contributed by atoms with Gasteiger partial charge in [-0.25, -0.2) is 0 Å². The highest BCUT2D eigenvalue weighted by molar-refractivity contribution is 5.44. The smallest absolute Gasteiger partial charge is 0.365 e. The minimum Gasteiger partial charge on any atom is -0.365 e. The molecule has 0 aliphatic heterocycles. The van der Waals surface area contributed by atoms with Crippen LogP contribution in [0.3, 0.4) is 0 Å². The van der Waals surface area contributed by atoms with Crippen molar-refractivity contribution in [1.29, 1.82) is 0 Å². The van der Waals surface area contributed by atoms with E-state index in [4.69, 9.17) is 0 Å². The molecule has 1 N–H and O–H groups in total. The number of nitrogens with one attached hydrogen (secondary N) is 1. The molecule has 0 amide bonds. The second kappa shape index (κ2) is 7.13. The lowest BCUT2D eigenvalue weighted by atomic mass is 9.84. The van der Waals surface area contributed by atoms with Crippen molar-refractivity contribution < 1.29 is 13.2 Å². The maximum atomic E-state index is 13.5. The maximum absolute atomic E-state index is 13.5. The summed E-state index contributed by atoms with van der Waals surface area (Å²) in [6.07, 6.45) is 0.0212. The SMILES string of the molecule is FC(F)(F)c1ccccc1[C@@H]1CCCCC[C@H]1Nc1ccc2nnnn2n1. The Hall–Kier alpha value is -2.71. The third kappa shape index (κ3) is 3.72. The van der Waals surface area contributed by atoms with Crippen LogP contribution in [-0.2, 0) is 6.18 Å². The Morgan fingerprint density at radius 1 is 1.00 bits per heavy atom. The van der Waals surface area contributed by atoms with Gasteiger partial charge in [0.15, 0.2) is 5.65 Å². The Balaban J connectivity index is 1.67. The molecule has 0 bridgehead atoms. The zero-order valence-electron chi connectivity index (χ0n) is 14.5. The number of hydrogen-bond donors (Lipinski definition) is 1. The fraction of sp³-hybridized carbons (Fsp3) is 0.444. The van der Waals surface area contributed by atoms with Gasteiger partial charge in [0.1, 0.15) is 5.82 Å². The van der Waals surface area contributed by atoms with Crippen molar-refractivity contribution in [3.63, 3.8) is 0 Å². The first-order valence-corrected chi connectivity index (χ1v) is 9.00. The predicted octanol–water partition coefficient (Wildman–Crippen LogP) is 4.07. The quantitative estimate of drug-likeness (QED) is 0.698. The van der Waals surface area contributed by atoms with Crippen LogP contribution in [0.5, 0.6) is 0 Å². The second-order valence-corrected chi connectivity index (χ2v) is 6.83. The van der Waals surface area contributed by atoms with E-state index < -0.39 is 11.7 Å². The average Bonchev–Trinajstić information content (AvgIpc) is 2.99. The van der Waals surface area contributed by atoms with E-state index in [0.717, 1.165) is 25.7 Å². The molecule has 1 saturated carbocycles. The fourth-order valence-electron chi connectivity index (χ4n) is 3.85. The van der Waals surface area contributed by atoms with Gasteiger partial charge in [-0.2, -0.15) is 13.2 Å². The topological polar surface area (TPSA) is 68.0 Å². The molecule has 3 aromatic rings. The summed E-state index contributed by atoms with van der Waals surface area (Å²) in [6, 6.07) is 9.23. The van der Waals surface area contributed by atoms with Crippen molar-refractivity contribution in [2.24, 2.45) is 0 Å². The van der Waals surface area contributed by atoms with E-state index in [1.165, 1.54) is 16.8 Å². The molecule has 27 heavy (non-hydrogen) atoms. The number of nitrogens with zero attached hydrogens (tertiary/aromatic N) is 5.